The molecule has 1 N–H and O–H groups in total. The van der Waals surface area contributed by atoms with Gasteiger partial charge in [0, 0.05) is 17.3 Å². The van der Waals surface area contributed by atoms with Crippen LogP contribution in [0.2, 0.25) is 0 Å². The molecule has 2 rings (SSSR count). The first-order valence-corrected chi connectivity index (χ1v) is 4.28. The number of rotatable bonds is 1. The number of aromatic amines is 1. The lowest BCUT2D eigenvalue weighted by Gasteiger charge is -1.88. The number of nitrogens with one attached hydrogen (secondary N) is 1. The van der Waals surface area contributed by atoms with Gasteiger partial charge in [-0.25, -0.2) is 9.97 Å². The standard InChI is InChI=1S/C8H9N3S/c1-2-6-3-5-4-9-8(12)11-7(5)10-6/h3-4H,2H2,1H3,(H2,9,10,11,12). The second kappa shape index (κ2) is 2.79. The molecule has 0 radical (unpaired) electrons. The number of thiol groups is 1. The number of aryl methyl sites for hydroxylation is 1. The van der Waals surface area contributed by atoms with Gasteiger partial charge < -0.3 is 4.98 Å². The number of hydrogen-bond donors (Lipinski definition) is 2. The Hall–Kier alpha value is -1.03. The summed E-state index contributed by atoms with van der Waals surface area (Å²) in [6, 6.07) is 2.06. The normalized spacial score (nSPS) is 10.8. The predicted octanol–water partition coefficient (Wildman–Crippen LogP) is 1.81. The Labute approximate surface area is 75.6 Å². The Morgan fingerprint density at radius 2 is 2.42 bits per heavy atom. The third kappa shape index (κ3) is 1.18. The molecule has 62 valence electrons. The van der Waals surface area contributed by atoms with Crippen LogP contribution >= 0.6 is 12.6 Å². The number of fused-ring (bicyclic) bond motifs is 1. The Balaban J connectivity index is 2.67. The van der Waals surface area contributed by atoms with Crippen LogP contribution in [0.25, 0.3) is 11.0 Å². The van der Waals surface area contributed by atoms with E-state index in [0.717, 1.165) is 17.5 Å². The van der Waals surface area contributed by atoms with Crippen LogP contribution in [0.1, 0.15) is 12.6 Å². The van der Waals surface area contributed by atoms with Gasteiger partial charge in [-0.15, -0.1) is 12.6 Å². The van der Waals surface area contributed by atoms with Crippen molar-refractivity contribution >= 4 is 23.7 Å². The largest absolute Gasteiger partial charge is 0.343 e. The molecule has 2 aromatic heterocycles. The fourth-order valence-electron chi connectivity index (χ4n) is 1.15. The second-order valence-electron chi connectivity index (χ2n) is 2.62. The quantitative estimate of drug-likeness (QED) is 0.518. The predicted molar refractivity (Wildman–Crippen MR) is 50.5 cm³/mol. The summed E-state index contributed by atoms with van der Waals surface area (Å²) < 4.78 is 0. The van der Waals surface area contributed by atoms with Gasteiger partial charge in [0.1, 0.15) is 5.65 Å². The van der Waals surface area contributed by atoms with Crippen LogP contribution in [0, 0.1) is 0 Å². The summed E-state index contributed by atoms with van der Waals surface area (Å²) in [5, 5.41) is 1.55. The van der Waals surface area contributed by atoms with Crippen LogP contribution in [0.4, 0.5) is 0 Å². The zero-order chi connectivity index (χ0) is 8.55. The van der Waals surface area contributed by atoms with Gasteiger partial charge in [0.25, 0.3) is 0 Å². The molecule has 0 atom stereocenters. The fourth-order valence-corrected chi connectivity index (χ4v) is 1.31. The maximum Gasteiger partial charge on any atom is 0.186 e. The van der Waals surface area contributed by atoms with Gasteiger partial charge in [0.2, 0.25) is 0 Å². The van der Waals surface area contributed by atoms with Gasteiger partial charge in [-0.05, 0) is 12.5 Å². The van der Waals surface area contributed by atoms with E-state index in [1.54, 1.807) is 6.20 Å². The van der Waals surface area contributed by atoms with Gasteiger partial charge in [0.05, 0.1) is 0 Å². The van der Waals surface area contributed by atoms with Crippen LogP contribution < -0.4 is 0 Å². The lowest BCUT2D eigenvalue weighted by atomic mass is 10.3. The van der Waals surface area contributed by atoms with Crippen molar-refractivity contribution < 1.29 is 0 Å². The van der Waals surface area contributed by atoms with E-state index >= 15 is 0 Å². The van der Waals surface area contributed by atoms with Gasteiger partial charge >= 0.3 is 0 Å². The Morgan fingerprint density at radius 3 is 3.17 bits per heavy atom. The minimum absolute atomic E-state index is 0.506. The van der Waals surface area contributed by atoms with Crippen molar-refractivity contribution in [2.24, 2.45) is 0 Å². The molecule has 2 heterocycles. The molecule has 0 aromatic carbocycles. The summed E-state index contributed by atoms with van der Waals surface area (Å²) in [4.78, 5) is 11.3. The zero-order valence-electron chi connectivity index (χ0n) is 6.70. The van der Waals surface area contributed by atoms with E-state index in [1.165, 1.54) is 5.69 Å². The zero-order valence-corrected chi connectivity index (χ0v) is 7.60. The molecular formula is C8H9N3S. The molecule has 0 amide bonds. The smallest absolute Gasteiger partial charge is 0.186 e. The number of hydrogen-bond acceptors (Lipinski definition) is 3. The second-order valence-corrected chi connectivity index (χ2v) is 3.02. The van der Waals surface area contributed by atoms with Gasteiger partial charge in [-0.1, -0.05) is 6.92 Å². The molecule has 0 saturated carbocycles. The third-order valence-electron chi connectivity index (χ3n) is 1.79. The molecule has 3 nitrogen and oxygen atoms in total. The monoisotopic (exact) mass is 179 g/mol. The van der Waals surface area contributed by atoms with Gasteiger partial charge in [0.15, 0.2) is 5.16 Å². The summed E-state index contributed by atoms with van der Waals surface area (Å²) in [5.74, 6) is 0. The summed E-state index contributed by atoms with van der Waals surface area (Å²) in [6.07, 6.45) is 2.76. The molecule has 4 heteroatoms. The third-order valence-corrected chi connectivity index (χ3v) is 2.01. The molecule has 0 fully saturated rings. The van der Waals surface area contributed by atoms with E-state index in [2.05, 4.69) is 40.6 Å². The van der Waals surface area contributed by atoms with E-state index in [1.807, 2.05) is 0 Å². The van der Waals surface area contributed by atoms with Crippen LogP contribution in [0.3, 0.4) is 0 Å². The van der Waals surface area contributed by atoms with Crippen molar-refractivity contribution in [2.75, 3.05) is 0 Å². The van der Waals surface area contributed by atoms with E-state index in [-0.39, 0.29) is 0 Å². The lowest BCUT2D eigenvalue weighted by Crippen LogP contribution is -1.82. The van der Waals surface area contributed by atoms with E-state index < -0.39 is 0 Å². The topological polar surface area (TPSA) is 41.6 Å². The maximum atomic E-state index is 4.14. The average molecular weight is 179 g/mol. The van der Waals surface area contributed by atoms with E-state index in [0.29, 0.717) is 5.16 Å². The molecule has 0 aliphatic rings. The van der Waals surface area contributed by atoms with Crippen LogP contribution in [-0.2, 0) is 6.42 Å². The number of nitrogens with zero attached hydrogens (tertiary/aromatic N) is 2. The van der Waals surface area contributed by atoms with Crippen LogP contribution in [0.15, 0.2) is 17.4 Å². The van der Waals surface area contributed by atoms with Crippen molar-refractivity contribution in [1.29, 1.82) is 0 Å². The highest BCUT2D eigenvalue weighted by atomic mass is 32.1. The van der Waals surface area contributed by atoms with Crippen molar-refractivity contribution in [3.63, 3.8) is 0 Å². The number of aromatic nitrogens is 3. The van der Waals surface area contributed by atoms with Gasteiger partial charge in [-0.2, -0.15) is 0 Å². The van der Waals surface area contributed by atoms with Crippen molar-refractivity contribution in [2.45, 2.75) is 18.5 Å². The highest BCUT2D eigenvalue weighted by Gasteiger charge is 2.00. The van der Waals surface area contributed by atoms with Crippen molar-refractivity contribution in [3.05, 3.63) is 18.0 Å². The van der Waals surface area contributed by atoms with Crippen molar-refractivity contribution in [3.8, 4) is 0 Å². The van der Waals surface area contributed by atoms with E-state index in [4.69, 9.17) is 0 Å². The van der Waals surface area contributed by atoms with Crippen LogP contribution in [-0.4, -0.2) is 15.0 Å². The SMILES string of the molecule is CCc1cc2cnc(S)nc2[nH]1. The molecule has 0 aliphatic carbocycles. The Morgan fingerprint density at radius 1 is 1.58 bits per heavy atom. The molecule has 0 saturated heterocycles. The number of H-pyrrole nitrogens is 1. The molecule has 0 aliphatic heterocycles. The minimum atomic E-state index is 0.506. The summed E-state index contributed by atoms with van der Waals surface area (Å²) in [6.45, 7) is 2.10. The summed E-state index contributed by atoms with van der Waals surface area (Å²) >= 11 is 4.06. The van der Waals surface area contributed by atoms with Crippen molar-refractivity contribution in [1.82, 2.24) is 15.0 Å². The molecule has 0 bridgehead atoms. The highest BCUT2D eigenvalue weighted by Crippen LogP contribution is 2.13. The van der Waals surface area contributed by atoms with Gasteiger partial charge in [-0.3, -0.25) is 0 Å². The Kier molecular flexibility index (Phi) is 1.77. The van der Waals surface area contributed by atoms with Crippen LogP contribution in [0.5, 0.6) is 0 Å². The summed E-state index contributed by atoms with van der Waals surface area (Å²) in [7, 11) is 0. The maximum absolute atomic E-state index is 4.14. The first-order chi connectivity index (χ1) is 5.79. The Bertz CT molecular complexity index is 408. The first kappa shape index (κ1) is 7.61. The average Bonchev–Trinajstić information content (AvgIpc) is 2.46. The molecular weight excluding hydrogens is 170 g/mol. The fraction of sp³-hybridized carbons (Fsp3) is 0.250. The van der Waals surface area contributed by atoms with E-state index in [9.17, 15) is 0 Å². The highest BCUT2D eigenvalue weighted by molar-refractivity contribution is 7.80. The summed E-state index contributed by atoms with van der Waals surface area (Å²) in [5.41, 5.74) is 2.05. The molecule has 0 spiro atoms. The lowest BCUT2D eigenvalue weighted by molar-refractivity contribution is 0.993. The molecule has 12 heavy (non-hydrogen) atoms. The molecule has 0 unspecified atom stereocenters. The minimum Gasteiger partial charge on any atom is -0.343 e. The molecule has 2 aromatic rings. The first-order valence-electron chi connectivity index (χ1n) is 3.83.